The van der Waals surface area contributed by atoms with Gasteiger partial charge < -0.3 is 18.9 Å². The fourth-order valence-electron chi connectivity index (χ4n) is 6.37. The monoisotopic (exact) mass is 727 g/mol. The fraction of sp³-hybridized carbons (Fsp3) is 0.682. The maximum absolute atomic E-state index is 12.2. The molecule has 0 bridgehead atoms. The average molecular weight is 727 g/mol. The molecule has 0 amide bonds. The Kier molecular flexibility index (Phi) is 17.6. The summed E-state index contributed by atoms with van der Waals surface area (Å²) in [6.45, 7) is 26.5. The number of esters is 4. The van der Waals surface area contributed by atoms with Gasteiger partial charge in [-0.15, -0.1) is 0 Å². The number of allylic oxidation sites excluding steroid dienone is 8. The number of methoxy groups -OCH3 is 4. The first-order chi connectivity index (χ1) is 23.9. The summed E-state index contributed by atoms with van der Waals surface area (Å²) >= 11 is 0. The van der Waals surface area contributed by atoms with Crippen molar-refractivity contribution in [3.05, 3.63) is 57.7 Å². The highest BCUT2D eigenvalue weighted by molar-refractivity contribution is 6.01. The minimum Gasteiger partial charge on any atom is -0.469 e. The first-order valence-electron chi connectivity index (χ1n) is 18.7. The molecule has 0 spiro atoms. The number of rotatable bonds is 12. The van der Waals surface area contributed by atoms with E-state index in [0.717, 1.165) is 25.7 Å². The molecule has 294 valence electrons. The van der Waals surface area contributed by atoms with E-state index in [1.54, 1.807) is 0 Å². The number of carbonyl (C=O) groups is 4. The molecular formula is C44H70O8. The number of hydrogen-bond donors (Lipinski definition) is 0. The molecule has 0 N–H and O–H groups in total. The lowest BCUT2D eigenvalue weighted by Crippen LogP contribution is -2.36. The molecule has 8 heteroatoms. The Morgan fingerprint density at radius 2 is 1.04 bits per heavy atom. The standard InChI is InChI=1S/C22H36O4.C22H34O4/c2*1-15(21(2,3)4)10-9-13-22(5,6)16-11-12-17(19(23)25-7)18(14-16)20(24)26-8/h10-11,17-18H,9,12-14H2,1-8H3;10-11H,9,12-14H2,1-8H3/b2*15-10+. The van der Waals surface area contributed by atoms with E-state index in [1.807, 2.05) is 0 Å². The normalized spacial score (nSPS) is 19.1. The summed E-state index contributed by atoms with van der Waals surface area (Å²) in [6, 6.07) is 0. The predicted molar refractivity (Wildman–Crippen MR) is 209 cm³/mol. The minimum absolute atomic E-state index is 0.0258. The third-order valence-electron chi connectivity index (χ3n) is 11.2. The Bertz CT molecular complexity index is 1380. The van der Waals surface area contributed by atoms with Crippen LogP contribution >= 0.6 is 0 Å². The Balaban J connectivity index is 0.000000520. The maximum Gasteiger partial charge on any atom is 0.334 e. The Hall–Kier alpha value is -3.42. The first-order valence-corrected chi connectivity index (χ1v) is 18.7. The van der Waals surface area contributed by atoms with Crippen molar-refractivity contribution in [3.8, 4) is 0 Å². The Labute approximate surface area is 315 Å². The van der Waals surface area contributed by atoms with Crippen LogP contribution in [0.15, 0.2) is 57.7 Å². The zero-order valence-corrected chi connectivity index (χ0v) is 35.4. The van der Waals surface area contributed by atoms with Gasteiger partial charge in [0.25, 0.3) is 0 Å². The molecule has 52 heavy (non-hydrogen) atoms. The quantitative estimate of drug-likeness (QED) is 0.111. The van der Waals surface area contributed by atoms with Gasteiger partial charge in [-0.2, -0.15) is 0 Å². The van der Waals surface area contributed by atoms with Crippen LogP contribution < -0.4 is 0 Å². The molecule has 0 aromatic rings. The van der Waals surface area contributed by atoms with Crippen LogP contribution in [0.1, 0.15) is 134 Å². The van der Waals surface area contributed by atoms with Crippen molar-refractivity contribution in [2.24, 2.45) is 33.5 Å². The van der Waals surface area contributed by atoms with E-state index >= 15 is 0 Å². The lowest BCUT2D eigenvalue weighted by Gasteiger charge is -2.35. The van der Waals surface area contributed by atoms with Gasteiger partial charge in [-0.1, -0.05) is 116 Å². The SMILES string of the molecule is COC(=O)C1=C(C(=O)OC)CC(C(C)(C)CC/C=C(\C)C(C)(C)C)=CC1.COC(=O)C1CC=C(C(C)(C)CC/C=C(\C)C(C)(C)C)CC1C(=O)OC. The summed E-state index contributed by atoms with van der Waals surface area (Å²) in [5.41, 5.74) is 6.30. The molecule has 0 aromatic carbocycles. The summed E-state index contributed by atoms with van der Waals surface area (Å²) < 4.78 is 19.5. The number of hydrogen-bond acceptors (Lipinski definition) is 8. The van der Waals surface area contributed by atoms with Crippen LogP contribution in [-0.4, -0.2) is 52.3 Å². The molecule has 0 fully saturated rings. The van der Waals surface area contributed by atoms with Gasteiger partial charge in [0.05, 0.1) is 51.4 Å². The van der Waals surface area contributed by atoms with Gasteiger partial charge >= 0.3 is 23.9 Å². The molecule has 0 saturated heterocycles. The van der Waals surface area contributed by atoms with Crippen LogP contribution in [-0.2, 0) is 38.1 Å². The second kappa shape index (κ2) is 19.6. The van der Waals surface area contributed by atoms with Crippen molar-refractivity contribution < 1.29 is 38.1 Å². The van der Waals surface area contributed by atoms with Gasteiger partial charge in [0.1, 0.15) is 0 Å². The van der Waals surface area contributed by atoms with Gasteiger partial charge in [-0.3, -0.25) is 9.59 Å². The Morgan fingerprint density at radius 1 is 0.615 bits per heavy atom. The summed E-state index contributed by atoms with van der Waals surface area (Å²) in [6.07, 6.45) is 14.7. The van der Waals surface area contributed by atoms with E-state index in [1.165, 1.54) is 50.7 Å². The summed E-state index contributed by atoms with van der Waals surface area (Å²) in [4.78, 5) is 48.4. The molecule has 0 aromatic heterocycles. The van der Waals surface area contributed by atoms with Crippen molar-refractivity contribution in [2.45, 2.75) is 134 Å². The minimum atomic E-state index is -0.460. The van der Waals surface area contributed by atoms with Crippen LogP contribution in [0.3, 0.4) is 0 Å². The van der Waals surface area contributed by atoms with E-state index in [9.17, 15) is 19.2 Å². The van der Waals surface area contributed by atoms with Crippen molar-refractivity contribution in [3.63, 3.8) is 0 Å². The van der Waals surface area contributed by atoms with Gasteiger partial charge in [-0.25, -0.2) is 9.59 Å². The van der Waals surface area contributed by atoms with Crippen LogP contribution in [0, 0.1) is 33.5 Å². The van der Waals surface area contributed by atoms with Crippen molar-refractivity contribution in [1.82, 2.24) is 0 Å². The Morgan fingerprint density at radius 3 is 1.46 bits per heavy atom. The van der Waals surface area contributed by atoms with Gasteiger partial charge in [0, 0.05) is 6.42 Å². The fourth-order valence-corrected chi connectivity index (χ4v) is 6.37. The van der Waals surface area contributed by atoms with E-state index in [4.69, 9.17) is 18.9 Å². The van der Waals surface area contributed by atoms with E-state index in [-0.39, 0.29) is 33.6 Å². The van der Waals surface area contributed by atoms with Crippen molar-refractivity contribution in [1.29, 1.82) is 0 Å². The molecule has 0 heterocycles. The zero-order valence-electron chi connectivity index (χ0n) is 35.4. The van der Waals surface area contributed by atoms with E-state index in [2.05, 4.69) is 107 Å². The van der Waals surface area contributed by atoms with Crippen LogP contribution in [0.4, 0.5) is 0 Å². The molecule has 2 rings (SSSR count). The lowest BCUT2D eigenvalue weighted by molar-refractivity contribution is -0.158. The highest BCUT2D eigenvalue weighted by Gasteiger charge is 2.40. The predicted octanol–water partition coefficient (Wildman–Crippen LogP) is 10.2. The summed E-state index contributed by atoms with van der Waals surface area (Å²) in [7, 11) is 5.41. The molecule has 2 aliphatic rings. The van der Waals surface area contributed by atoms with Crippen molar-refractivity contribution >= 4 is 23.9 Å². The molecule has 2 aliphatic carbocycles. The molecule has 0 radical (unpaired) electrons. The first kappa shape index (κ1) is 46.6. The largest absolute Gasteiger partial charge is 0.469 e. The molecule has 8 nitrogen and oxygen atoms in total. The average Bonchev–Trinajstić information content (AvgIpc) is 3.08. The van der Waals surface area contributed by atoms with Gasteiger partial charge in [-0.05, 0) is 80.5 Å². The molecule has 0 aliphatic heterocycles. The van der Waals surface area contributed by atoms with Gasteiger partial charge in [0.15, 0.2) is 0 Å². The third kappa shape index (κ3) is 13.5. The van der Waals surface area contributed by atoms with Crippen LogP contribution in [0.25, 0.3) is 0 Å². The van der Waals surface area contributed by atoms with Crippen LogP contribution in [0.5, 0.6) is 0 Å². The van der Waals surface area contributed by atoms with E-state index < -0.39 is 23.8 Å². The second-order valence-corrected chi connectivity index (χ2v) is 17.6. The molecule has 2 atom stereocenters. The topological polar surface area (TPSA) is 105 Å². The zero-order chi connectivity index (χ0) is 40.2. The van der Waals surface area contributed by atoms with Crippen LogP contribution in [0.2, 0.25) is 0 Å². The molecule has 2 unspecified atom stereocenters. The molecular weight excluding hydrogens is 656 g/mol. The second-order valence-electron chi connectivity index (χ2n) is 17.6. The summed E-state index contributed by atoms with van der Waals surface area (Å²) in [5, 5.41) is 0. The number of carbonyl (C=O) groups excluding carboxylic acids is 4. The maximum atomic E-state index is 12.2. The highest BCUT2D eigenvalue weighted by Crippen LogP contribution is 2.43. The smallest absolute Gasteiger partial charge is 0.334 e. The number of ether oxygens (including phenoxy) is 4. The highest BCUT2D eigenvalue weighted by atomic mass is 16.5. The van der Waals surface area contributed by atoms with Crippen molar-refractivity contribution in [2.75, 3.05) is 28.4 Å². The third-order valence-corrected chi connectivity index (χ3v) is 11.2. The molecule has 0 saturated carbocycles. The van der Waals surface area contributed by atoms with Gasteiger partial charge in [0.2, 0.25) is 0 Å². The lowest BCUT2D eigenvalue weighted by atomic mass is 9.69. The van der Waals surface area contributed by atoms with E-state index in [0.29, 0.717) is 36.8 Å². The summed E-state index contributed by atoms with van der Waals surface area (Å²) in [5.74, 6) is -2.48.